The van der Waals surface area contributed by atoms with Crippen LogP contribution in [0, 0.1) is 0 Å². The van der Waals surface area contributed by atoms with Crippen LogP contribution in [0.3, 0.4) is 0 Å². The Balaban J connectivity index is 1.68. The molecular formula is C18H28N2. The third kappa shape index (κ3) is 3.24. The number of hydrogen-bond donors (Lipinski definition) is 1. The number of nitrogens with zero attached hydrogens (tertiary/aromatic N) is 1. The summed E-state index contributed by atoms with van der Waals surface area (Å²) >= 11 is 0. The standard InChI is InChI=1S/C18H28N2/c19-11-12-20(18-7-2-1-3-8-18)14-15-9-10-16-5-4-6-17(16)13-15/h9-10,13,18H,1-8,11-12,14,19H2. The van der Waals surface area contributed by atoms with Crippen LogP contribution in [0.15, 0.2) is 18.2 Å². The van der Waals surface area contributed by atoms with Gasteiger partial charge in [0.2, 0.25) is 0 Å². The fourth-order valence-electron chi connectivity index (χ4n) is 3.96. The number of fused-ring (bicyclic) bond motifs is 1. The highest BCUT2D eigenvalue weighted by atomic mass is 15.2. The van der Waals surface area contributed by atoms with Crippen molar-refractivity contribution in [2.45, 2.75) is 64.0 Å². The molecule has 0 aliphatic heterocycles. The number of aryl methyl sites for hydroxylation is 2. The lowest BCUT2D eigenvalue weighted by Crippen LogP contribution is -2.39. The van der Waals surface area contributed by atoms with E-state index in [1.165, 1.54) is 56.9 Å². The van der Waals surface area contributed by atoms with E-state index in [0.29, 0.717) is 0 Å². The van der Waals surface area contributed by atoms with Crippen molar-refractivity contribution in [1.29, 1.82) is 0 Å². The van der Waals surface area contributed by atoms with Crippen molar-refractivity contribution in [1.82, 2.24) is 4.90 Å². The minimum Gasteiger partial charge on any atom is -0.329 e. The summed E-state index contributed by atoms with van der Waals surface area (Å²) in [6, 6.07) is 7.92. The van der Waals surface area contributed by atoms with Gasteiger partial charge in [-0.15, -0.1) is 0 Å². The minimum absolute atomic E-state index is 0.764. The molecule has 20 heavy (non-hydrogen) atoms. The SMILES string of the molecule is NCCN(Cc1ccc2c(c1)CCC2)C1CCCCC1. The molecule has 2 nitrogen and oxygen atoms in total. The highest BCUT2D eigenvalue weighted by molar-refractivity contribution is 5.35. The van der Waals surface area contributed by atoms with Crippen LogP contribution in [0.4, 0.5) is 0 Å². The van der Waals surface area contributed by atoms with Crippen molar-refractivity contribution in [3.05, 3.63) is 34.9 Å². The van der Waals surface area contributed by atoms with E-state index in [1.807, 2.05) is 0 Å². The molecule has 0 heterocycles. The van der Waals surface area contributed by atoms with Crippen molar-refractivity contribution in [2.75, 3.05) is 13.1 Å². The molecular weight excluding hydrogens is 244 g/mol. The first-order valence-corrected chi connectivity index (χ1v) is 8.41. The van der Waals surface area contributed by atoms with Gasteiger partial charge in [-0.25, -0.2) is 0 Å². The summed E-state index contributed by atoms with van der Waals surface area (Å²) in [5, 5.41) is 0. The van der Waals surface area contributed by atoms with Crippen LogP contribution < -0.4 is 5.73 Å². The summed E-state index contributed by atoms with van der Waals surface area (Å²) in [4.78, 5) is 2.63. The fraction of sp³-hybridized carbons (Fsp3) is 0.667. The van der Waals surface area contributed by atoms with Crippen LogP contribution in [0.25, 0.3) is 0 Å². The van der Waals surface area contributed by atoms with E-state index in [0.717, 1.165) is 25.7 Å². The number of benzene rings is 1. The Morgan fingerprint density at radius 1 is 1.00 bits per heavy atom. The number of nitrogens with two attached hydrogens (primary N) is 1. The molecule has 0 spiro atoms. The highest BCUT2D eigenvalue weighted by Crippen LogP contribution is 2.26. The monoisotopic (exact) mass is 272 g/mol. The Kier molecular flexibility index (Phi) is 4.74. The van der Waals surface area contributed by atoms with E-state index in [1.54, 1.807) is 11.1 Å². The van der Waals surface area contributed by atoms with Crippen LogP contribution in [0.2, 0.25) is 0 Å². The Morgan fingerprint density at radius 2 is 1.80 bits per heavy atom. The van der Waals surface area contributed by atoms with Crippen LogP contribution >= 0.6 is 0 Å². The lowest BCUT2D eigenvalue weighted by molar-refractivity contribution is 0.152. The van der Waals surface area contributed by atoms with Gasteiger partial charge in [0.25, 0.3) is 0 Å². The quantitative estimate of drug-likeness (QED) is 0.891. The smallest absolute Gasteiger partial charge is 0.0237 e. The predicted molar refractivity (Wildman–Crippen MR) is 84.8 cm³/mol. The second-order valence-electron chi connectivity index (χ2n) is 6.51. The lowest BCUT2D eigenvalue weighted by atomic mass is 9.93. The molecule has 1 saturated carbocycles. The molecule has 2 N–H and O–H groups in total. The third-order valence-corrected chi connectivity index (χ3v) is 5.06. The molecule has 0 saturated heterocycles. The van der Waals surface area contributed by atoms with Crippen LogP contribution in [0.1, 0.15) is 55.2 Å². The van der Waals surface area contributed by atoms with E-state index >= 15 is 0 Å². The van der Waals surface area contributed by atoms with Gasteiger partial charge in [-0.05, 0) is 48.8 Å². The Bertz CT molecular complexity index is 435. The second kappa shape index (κ2) is 6.73. The molecule has 1 aromatic carbocycles. The Morgan fingerprint density at radius 3 is 2.60 bits per heavy atom. The van der Waals surface area contributed by atoms with Crippen molar-refractivity contribution in [3.8, 4) is 0 Å². The first-order chi connectivity index (χ1) is 9.86. The average molecular weight is 272 g/mol. The zero-order chi connectivity index (χ0) is 13.8. The van der Waals surface area contributed by atoms with Crippen LogP contribution in [-0.4, -0.2) is 24.0 Å². The summed E-state index contributed by atoms with van der Waals surface area (Å²) in [5.74, 6) is 0. The average Bonchev–Trinajstić information content (AvgIpc) is 2.95. The van der Waals surface area contributed by atoms with Crippen molar-refractivity contribution in [3.63, 3.8) is 0 Å². The molecule has 0 aromatic heterocycles. The van der Waals surface area contributed by atoms with Gasteiger partial charge in [0, 0.05) is 25.7 Å². The normalized spacial score (nSPS) is 19.5. The van der Waals surface area contributed by atoms with Crippen molar-refractivity contribution < 1.29 is 0 Å². The predicted octanol–water partition coefficient (Wildman–Crippen LogP) is 3.27. The van der Waals surface area contributed by atoms with E-state index < -0.39 is 0 Å². The van der Waals surface area contributed by atoms with Gasteiger partial charge < -0.3 is 5.73 Å². The fourth-order valence-corrected chi connectivity index (χ4v) is 3.96. The van der Waals surface area contributed by atoms with Crippen LogP contribution in [-0.2, 0) is 19.4 Å². The molecule has 1 fully saturated rings. The molecule has 0 unspecified atom stereocenters. The minimum atomic E-state index is 0.764. The molecule has 110 valence electrons. The van der Waals surface area contributed by atoms with E-state index in [9.17, 15) is 0 Å². The Labute approximate surface area is 123 Å². The van der Waals surface area contributed by atoms with E-state index in [4.69, 9.17) is 5.73 Å². The van der Waals surface area contributed by atoms with Gasteiger partial charge >= 0.3 is 0 Å². The largest absolute Gasteiger partial charge is 0.329 e. The Hall–Kier alpha value is -0.860. The third-order valence-electron chi connectivity index (χ3n) is 5.06. The molecule has 0 bridgehead atoms. The molecule has 2 aliphatic rings. The molecule has 0 atom stereocenters. The van der Waals surface area contributed by atoms with Gasteiger partial charge in [-0.1, -0.05) is 37.5 Å². The number of hydrogen-bond acceptors (Lipinski definition) is 2. The first-order valence-electron chi connectivity index (χ1n) is 8.41. The molecule has 0 amide bonds. The maximum absolute atomic E-state index is 5.84. The molecule has 2 heteroatoms. The van der Waals surface area contributed by atoms with Gasteiger partial charge in [-0.2, -0.15) is 0 Å². The summed E-state index contributed by atoms with van der Waals surface area (Å²) in [6.07, 6.45) is 10.9. The summed E-state index contributed by atoms with van der Waals surface area (Å²) in [6.45, 7) is 2.92. The maximum atomic E-state index is 5.84. The van der Waals surface area contributed by atoms with E-state index in [2.05, 4.69) is 23.1 Å². The summed E-state index contributed by atoms with van der Waals surface area (Å²) in [5.41, 5.74) is 10.5. The van der Waals surface area contributed by atoms with Gasteiger partial charge in [-0.3, -0.25) is 4.90 Å². The topological polar surface area (TPSA) is 29.3 Å². The maximum Gasteiger partial charge on any atom is 0.0237 e. The molecule has 2 aliphatic carbocycles. The van der Waals surface area contributed by atoms with Gasteiger partial charge in [0.1, 0.15) is 0 Å². The molecule has 3 rings (SSSR count). The zero-order valence-corrected chi connectivity index (χ0v) is 12.6. The van der Waals surface area contributed by atoms with Crippen molar-refractivity contribution >= 4 is 0 Å². The lowest BCUT2D eigenvalue weighted by Gasteiger charge is -2.34. The molecule has 0 radical (unpaired) electrons. The van der Waals surface area contributed by atoms with Crippen molar-refractivity contribution in [2.24, 2.45) is 5.73 Å². The summed E-state index contributed by atoms with van der Waals surface area (Å²) < 4.78 is 0. The second-order valence-corrected chi connectivity index (χ2v) is 6.51. The van der Waals surface area contributed by atoms with Gasteiger partial charge in [0.05, 0.1) is 0 Å². The first kappa shape index (κ1) is 14.1. The molecule has 1 aromatic rings. The van der Waals surface area contributed by atoms with Gasteiger partial charge in [0.15, 0.2) is 0 Å². The zero-order valence-electron chi connectivity index (χ0n) is 12.6. The summed E-state index contributed by atoms with van der Waals surface area (Å²) in [7, 11) is 0. The van der Waals surface area contributed by atoms with E-state index in [-0.39, 0.29) is 0 Å². The highest BCUT2D eigenvalue weighted by Gasteiger charge is 2.21. The van der Waals surface area contributed by atoms with Crippen LogP contribution in [0.5, 0.6) is 0 Å². The number of rotatable bonds is 5.